The molecular weight excluding hydrogens is 260 g/mol. The fourth-order valence-electron chi connectivity index (χ4n) is 3.14. The van der Waals surface area contributed by atoms with Crippen molar-refractivity contribution in [2.24, 2.45) is 5.41 Å². The Morgan fingerprint density at radius 3 is 2.45 bits per heavy atom. The van der Waals surface area contributed by atoms with Gasteiger partial charge in [-0.1, -0.05) is 13.8 Å². The number of nitrogens with one attached hydrogen (secondary N) is 2. The summed E-state index contributed by atoms with van der Waals surface area (Å²) in [6.07, 6.45) is 4.36. The molecule has 2 aliphatic rings. The number of aliphatic carboxylic acids is 1. The summed E-state index contributed by atoms with van der Waals surface area (Å²) in [5.41, 5.74) is -0.872. The predicted octanol–water partition coefficient (Wildman–Crippen LogP) is 1.50. The SMILES string of the molecule is CCC(CC)(CNC(=O)NC1CC2CCC1O2)C(=O)O. The van der Waals surface area contributed by atoms with Crippen LogP contribution in [0.3, 0.4) is 0 Å². The molecular formula is C14H24N2O4. The first-order chi connectivity index (χ1) is 9.50. The monoisotopic (exact) mass is 284 g/mol. The first-order valence-corrected chi connectivity index (χ1v) is 7.44. The van der Waals surface area contributed by atoms with Gasteiger partial charge in [-0.2, -0.15) is 0 Å². The van der Waals surface area contributed by atoms with Gasteiger partial charge < -0.3 is 20.5 Å². The van der Waals surface area contributed by atoms with E-state index in [4.69, 9.17) is 4.74 Å². The number of carbonyl (C=O) groups excluding carboxylic acids is 1. The quantitative estimate of drug-likeness (QED) is 0.689. The molecule has 114 valence electrons. The van der Waals surface area contributed by atoms with Crippen LogP contribution in [0.5, 0.6) is 0 Å². The molecule has 0 aromatic heterocycles. The van der Waals surface area contributed by atoms with Crippen molar-refractivity contribution in [3.63, 3.8) is 0 Å². The third-order valence-electron chi connectivity index (χ3n) is 4.82. The van der Waals surface area contributed by atoms with Crippen LogP contribution in [-0.2, 0) is 9.53 Å². The van der Waals surface area contributed by atoms with Crippen LogP contribution in [-0.4, -0.2) is 41.9 Å². The molecule has 2 aliphatic heterocycles. The van der Waals surface area contributed by atoms with Gasteiger partial charge in [0.1, 0.15) is 0 Å². The molecule has 0 spiro atoms. The first-order valence-electron chi connectivity index (χ1n) is 7.44. The van der Waals surface area contributed by atoms with Gasteiger partial charge in [-0.05, 0) is 32.1 Å². The summed E-state index contributed by atoms with van der Waals surface area (Å²) in [5, 5.41) is 14.9. The Morgan fingerprint density at radius 1 is 1.30 bits per heavy atom. The average Bonchev–Trinajstić information content (AvgIpc) is 3.02. The van der Waals surface area contributed by atoms with Crippen LogP contribution in [0.4, 0.5) is 4.79 Å². The maximum absolute atomic E-state index is 11.9. The number of hydrogen-bond acceptors (Lipinski definition) is 3. The lowest BCUT2D eigenvalue weighted by Gasteiger charge is -2.27. The molecule has 0 saturated carbocycles. The number of amides is 2. The fourth-order valence-corrected chi connectivity index (χ4v) is 3.14. The zero-order valence-electron chi connectivity index (χ0n) is 12.1. The Morgan fingerprint density at radius 2 is 2.00 bits per heavy atom. The summed E-state index contributed by atoms with van der Waals surface area (Å²) >= 11 is 0. The largest absolute Gasteiger partial charge is 0.481 e. The van der Waals surface area contributed by atoms with Crippen molar-refractivity contribution >= 4 is 12.0 Å². The van der Waals surface area contributed by atoms with Gasteiger partial charge in [-0.25, -0.2) is 4.79 Å². The highest BCUT2D eigenvalue weighted by Gasteiger charge is 2.41. The van der Waals surface area contributed by atoms with E-state index in [0.29, 0.717) is 12.8 Å². The van der Waals surface area contributed by atoms with E-state index >= 15 is 0 Å². The summed E-state index contributed by atoms with van der Waals surface area (Å²) < 4.78 is 5.68. The highest BCUT2D eigenvalue weighted by molar-refractivity contribution is 5.78. The Balaban J connectivity index is 1.81. The van der Waals surface area contributed by atoms with Crippen LogP contribution in [0.15, 0.2) is 0 Å². The second-order valence-electron chi connectivity index (χ2n) is 5.84. The molecule has 0 aliphatic carbocycles. The number of fused-ring (bicyclic) bond motifs is 2. The van der Waals surface area contributed by atoms with Crippen LogP contribution in [0, 0.1) is 5.41 Å². The summed E-state index contributed by atoms with van der Waals surface area (Å²) in [4.78, 5) is 23.3. The van der Waals surface area contributed by atoms with Gasteiger partial charge in [0.05, 0.1) is 23.7 Å². The second-order valence-corrected chi connectivity index (χ2v) is 5.84. The van der Waals surface area contributed by atoms with Gasteiger partial charge in [-0.15, -0.1) is 0 Å². The standard InChI is InChI=1S/C14H24N2O4/c1-3-14(4-2,12(17)18)8-15-13(19)16-10-7-9-5-6-11(10)20-9/h9-11H,3-8H2,1-2H3,(H,17,18)(H2,15,16,19). The molecule has 3 N–H and O–H groups in total. The highest BCUT2D eigenvalue weighted by atomic mass is 16.5. The molecule has 3 atom stereocenters. The molecule has 3 unspecified atom stereocenters. The Kier molecular flexibility index (Phi) is 4.52. The van der Waals surface area contributed by atoms with E-state index in [1.54, 1.807) is 0 Å². The van der Waals surface area contributed by atoms with E-state index in [2.05, 4.69) is 10.6 Å². The topological polar surface area (TPSA) is 87.7 Å². The molecule has 2 rings (SSSR count). The van der Waals surface area contributed by atoms with Crippen molar-refractivity contribution in [1.82, 2.24) is 10.6 Å². The van der Waals surface area contributed by atoms with Crippen LogP contribution in [0.25, 0.3) is 0 Å². The molecule has 2 heterocycles. The summed E-state index contributed by atoms with van der Waals surface area (Å²) in [6, 6.07) is -0.227. The molecule has 2 saturated heterocycles. The third kappa shape index (κ3) is 2.90. The minimum atomic E-state index is -0.872. The molecule has 20 heavy (non-hydrogen) atoms. The third-order valence-corrected chi connectivity index (χ3v) is 4.82. The molecule has 0 radical (unpaired) electrons. The number of carboxylic acids is 1. The van der Waals surface area contributed by atoms with Gasteiger partial charge >= 0.3 is 12.0 Å². The number of urea groups is 1. The van der Waals surface area contributed by atoms with Crippen molar-refractivity contribution in [1.29, 1.82) is 0 Å². The minimum Gasteiger partial charge on any atom is -0.481 e. The molecule has 2 amide bonds. The fraction of sp³-hybridized carbons (Fsp3) is 0.857. The summed E-state index contributed by atoms with van der Waals surface area (Å²) in [7, 11) is 0. The Bertz CT molecular complexity index is 381. The van der Waals surface area contributed by atoms with Crippen molar-refractivity contribution in [3.05, 3.63) is 0 Å². The van der Waals surface area contributed by atoms with E-state index in [1.165, 1.54) is 0 Å². The molecule has 6 nitrogen and oxygen atoms in total. The lowest BCUT2D eigenvalue weighted by atomic mass is 9.82. The normalized spacial score (nSPS) is 28.4. The number of carboxylic acid groups (broad SMARTS) is 1. The van der Waals surface area contributed by atoms with Crippen molar-refractivity contribution in [3.8, 4) is 0 Å². The zero-order valence-corrected chi connectivity index (χ0v) is 12.1. The van der Waals surface area contributed by atoms with Gasteiger partial charge in [0.25, 0.3) is 0 Å². The van der Waals surface area contributed by atoms with Gasteiger partial charge in [0.15, 0.2) is 0 Å². The predicted molar refractivity (Wildman–Crippen MR) is 73.5 cm³/mol. The molecule has 2 bridgehead atoms. The van der Waals surface area contributed by atoms with Crippen LogP contribution in [0.1, 0.15) is 46.0 Å². The maximum atomic E-state index is 11.9. The maximum Gasteiger partial charge on any atom is 0.315 e. The van der Waals surface area contributed by atoms with Crippen molar-refractivity contribution in [2.45, 2.75) is 64.2 Å². The number of rotatable bonds is 6. The van der Waals surface area contributed by atoms with Crippen molar-refractivity contribution < 1.29 is 19.4 Å². The Hall–Kier alpha value is -1.30. The Labute approximate surface area is 119 Å². The second kappa shape index (κ2) is 5.99. The van der Waals surface area contributed by atoms with Gasteiger partial charge in [0.2, 0.25) is 0 Å². The smallest absolute Gasteiger partial charge is 0.315 e. The van der Waals surface area contributed by atoms with Gasteiger partial charge in [-0.3, -0.25) is 4.79 Å². The molecule has 0 aromatic carbocycles. The van der Waals surface area contributed by atoms with Crippen molar-refractivity contribution in [2.75, 3.05) is 6.54 Å². The molecule has 2 fully saturated rings. The van der Waals surface area contributed by atoms with Crippen LogP contribution < -0.4 is 10.6 Å². The van der Waals surface area contributed by atoms with E-state index in [-0.39, 0.29) is 30.8 Å². The van der Waals surface area contributed by atoms with E-state index in [1.807, 2.05) is 13.8 Å². The summed E-state index contributed by atoms with van der Waals surface area (Å²) in [6.45, 7) is 3.82. The number of carbonyl (C=O) groups is 2. The molecule has 0 aromatic rings. The first kappa shape index (κ1) is 15.1. The number of ether oxygens (including phenoxy) is 1. The number of hydrogen-bond donors (Lipinski definition) is 3. The zero-order chi connectivity index (χ0) is 14.8. The lowest BCUT2D eigenvalue weighted by molar-refractivity contribution is -0.149. The molecule has 6 heteroatoms. The van der Waals surface area contributed by atoms with E-state index in [9.17, 15) is 14.7 Å². The highest BCUT2D eigenvalue weighted by Crippen LogP contribution is 2.34. The van der Waals surface area contributed by atoms with E-state index in [0.717, 1.165) is 19.3 Å². The lowest BCUT2D eigenvalue weighted by Crippen LogP contribution is -2.50. The van der Waals surface area contributed by atoms with E-state index < -0.39 is 11.4 Å². The summed E-state index contributed by atoms with van der Waals surface area (Å²) in [5.74, 6) is -0.856. The van der Waals surface area contributed by atoms with Crippen LogP contribution in [0.2, 0.25) is 0 Å². The minimum absolute atomic E-state index is 0.0660. The van der Waals surface area contributed by atoms with Crippen LogP contribution >= 0.6 is 0 Å². The van der Waals surface area contributed by atoms with Gasteiger partial charge in [0, 0.05) is 6.54 Å². The average molecular weight is 284 g/mol.